The van der Waals surface area contributed by atoms with Crippen LogP contribution in [-0.4, -0.2) is 5.16 Å². The molecule has 1 heterocycles. The van der Waals surface area contributed by atoms with E-state index in [0.717, 1.165) is 11.5 Å². The lowest BCUT2D eigenvalue weighted by Gasteiger charge is -2.07. The number of hydrogen-bond acceptors (Lipinski definition) is 2. The van der Waals surface area contributed by atoms with E-state index in [0.29, 0.717) is 11.8 Å². The van der Waals surface area contributed by atoms with Crippen molar-refractivity contribution in [2.24, 2.45) is 0 Å². The normalized spacial score (nSPS) is 11.6. The third kappa shape index (κ3) is 1.52. The molecular weight excluding hydrogens is 150 g/mol. The van der Waals surface area contributed by atoms with Crippen LogP contribution in [0.4, 0.5) is 0 Å². The SMILES string of the molecule is Cc1noc(C(C)C)c1C(C)C. The average Bonchev–Trinajstić information content (AvgIpc) is 2.30. The van der Waals surface area contributed by atoms with E-state index in [1.54, 1.807) is 0 Å². The molecule has 1 rings (SSSR count). The molecule has 0 aromatic carbocycles. The summed E-state index contributed by atoms with van der Waals surface area (Å²) in [6.45, 7) is 10.6. The van der Waals surface area contributed by atoms with Gasteiger partial charge < -0.3 is 4.52 Å². The van der Waals surface area contributed by atoms with Crippen molar-refractivity contribution in [3.63, 3.8) is 0 Å². The molecule has 0 aliphatic heterocycles. The van der Waals surface area contributed by atoms with Crippen LogP contribution >= 0.6 is 0 Å². The molecule has 0 atom stereocenters. The van der Waals surface area contributed by atoms with Gasteiger partial charge in [0.05, 0.1) is 5.69 Å². The van der Waals surface area contributed by atoms with Gasteiger partial charge in [-0.2, -0.15) is 0 Å². The van der Waals surface area contributed by atoms with Crippen LogP contribution in [0.15, 0.2) is 4.52 Å². The molecule has 1 aromatic heterocycles. The fourth-order valence-electron chi connectivity index (χ4n) is 1.51. The van der Waals surface area contributed by atoms with Crippen LogP contribution in [0.5, 0.6) is 0 Å². The Hall–Kier alpha value is -0.790. The number of rotatable bonds is 2. The van der Waals surface area contributed by atoms with Crippen LogP contribution in [0, 0.1) is 6.92 Å². The first-order valence-electron chi connectivity index (χ1n) is 4.50. The highest BCUT2D eigenvalue weighted by Crippen LogP contribution is 2.28. The summed E-state index contributed by atoms with van der Waals surface area (Å²) in [6, 6.07) is 0. The fourth-order valence-corrected chi connectivity index (χ4v) is 1.51. The monoisotopic (exact) mass is 167 g/mol. The Morgan fingerprint density at radius 2 is 1.67 bits per heavy atom. The Morgan fingerprint density at radius 3 is 2.00 bits per heavy atom. The topological polar surface area (TPSA) is 26.0 Å². The maximum atomic E-state index is 5.27. The van der Waals surface area contributed by atoms with Crippen LogP contribution in [0.1, 0.15) is 56.5 Å². The highest BCUT2D eigenvalue weighted by molar-refractivity contribution is 5.27. The Balaban J connectivity index is 3.12. The summed E-state index contributed by atoms with van der Waals surface area (Å²) in [7, 11) is 0. The van der Waals surface area contributed by atoms with Crippen LogP contribution in [0.3, 0.4) is 0 Å². The molecule has 2 nitrogen and oxygen atoms in total. The maximum absolute atomic E-state index is 5.27. The maximum Gasteiger partial charge on any atom is 0.142 e. The van der Waals surface area contributed by atoms with E-state index in [1.807, 2.05) is 6.92 Å². The minimum absolute atomic E-state index is 0.434. The van der Waals surface area contributed by atoms with Gasteiger partial charge in [-0.25, -0.2) is 0 Å². The molecule has 12 heavy (non-hydrogen) atoms. The number of nitrogens with zero attached hydrogens (tertiary/aromatic N) is 1. The lowest BCUT2D eigenvalue weighted by molar-refractivity contribution is 0.365. The molecule has 0 fully saturated rings. The van der Waals surface area contributed by atoms with Gasteiger partial charge in [0.1, 0.15) is 5.76 Å². The highest BCUT2D eigenvalue weighted by atomic mass is 16.5. The van der Waals surface area contributed by atoms with E-state index >= 15 is 0 Å². The molecule has 0 N–H and O–H groups in total. The summed E-state index contributed by atoms with van der Waals surface area (Å²) in [5.41, 5.74) is 2.32. The summed E-state index contributed by atoms with van der Waals surface area (Å²) in [4.78, 5) is 0. The molecule has 0 amide bonds. The minimum atomic E-state index is 0.434. The average molecular weight is 167 g/mol. The first-order valence-corrected chi connectivity index (χ1v) is 4.50. The van der Waals surface area contributed by atoms with Crippen LogP contribution < -0.4 is 0 Å². The zero-order valence-electron chi connectivity index (χ0n) is 8.51. The molecule has 0 bridgehead atoms. The number of hydrogen-bond donors (Lipinski definition) is 0. The minimum Gasteiger partial charge on any atom is -0.361 e. The third-order valence-corrected chi connectivity index (χ3v) is 2.04. The van der Waals surface area contributed by atoms with Crippen molar-refractivity contribution in [1.82, 2.24) is 5.16 Å². The molecule has 1 aromatic rings. The van der Waals surface area contributed by atoms with Gasteiger partial charge in [0, 0.05) is 11.5 Å². The summed E-state index contributed by atoms with van der Waals surface area (Å²) < 4.78 is 5.27. The van der Waals surface area contributed by atoms with Gasteiger partial charge in [0.25, 0.3) is 0 Å². The second-order valence-electron chi connectivity index (χ2n) is 3.86. The number of aromatic nitrogens is 1. The number of aryl methyl sites for hydroxylation is 1. The Kier molecular flexibility index (Phi) is 2.55. The van der Waals surface area contributed by atoms with Gasteiger partial charge in [-0.1, -0.05) is 32.9 Å². The van der Waals surface area contributed by atoms with E-state index in [1.165, 1.54) is 5.56 Å². The molecule has 0 spiro atoms. The second kappa shape index (κ2) is 3.30. The summed E-state index contributed by atoms with van der Waals surface area (Å²) in [5, 5.41) is 3.98. The summed E-state index contributed by atoms with van der Waals surface area (Å²) in [6.07, 6.45) is 0. The zero-order valence-corrected chi connectivity index (χ0v) is 8.51. The predicted molar refractivity (Wildman–Crippen MR) is 49.4 cm³/mol. The Morgan fingerprint density at radius 1 is 1.08 bits per heavy atom. The van der Waals surface area contributed by atoms with Crippen molar-refractivity contribution in [3.05, 3.63) is 17.0 Å². The van der Waals surface area contributed by atoms with Crippen LogP contribution in [-0.2, 0) is 0 Å². The lowest BCUT2D eigenvalue weighted by Crippen LogP contribution is -1.95. The van der Waals surface area contributed by atoms with Gasteiger partial charge in [0.15, 0.2) is 0 Å². The molecule has 0 aliphatic rings. The molecular formula is C10H17NO. The molecule has 0 aliphatic carbocycles. The first kappa shape index (κ1) is 9.30. The van der Waals surface area contributed by atoms with E-state index in [-0.39, 0.29) is 0 Å². The molecule has 68 valence electrons. The first-order chi connectivity index (χ1) is 5.54. The van der Waals surface area contributed by atoms with E-state index in [2.05, 4.69) is 32.9 Å². The summed E-state index contributed by atoms with van der Waals surface area (Å²) in [5.74, 6) is 1.99. The Labute approximate surface area is 74.0 Å². The van der Waals surface area contributed by atoms with Gasteiger partial charge in [-0.05, 0) is 12.8 Å². The van der Waals surface area contributed by atoms with Gasteiger partial charge in [0.2, 0.25) is 0 Å². The van der Waals surface area contributed by atoms with Gasteiger partial charge in [-0.3, -0.25) is 0 Å². The predicted octanol–water partition coefficient (Wildman–Crippen LogP) is 3.23. The fraction of sp³-hybridized carbons (Fsp3) is 0.700. The quantitative estimate of drug-likeness (QED) is 0.675. The van der Waals surface area contributed by atoms with Crippen molar-refractivity contribution in [2.45, 2.75) is 46.5 Å². The lowest BCUT2D eigenvalue weighted by atomic mass is 9.96. The standard InChI is InChI=1S/C10H17NO/c1-6(2)9-8(5)11-12-10(9)7(3)4/h6-7H,1-5H3. The van der Waals surface area contributed by atoms with E-state index in [4.69, 9.17) is 4.52 Å². The largest absolute Gasteiger partial charge is 0.361 e. The molecule has 0 radical (unpaired) electrons. The zero-order chi connectivity index (χ0) is 9.30. The van der Waals surface area contributed by atoms with Crippen LogP contribution in [0.25, 0.3) is 0 Å². The highest BCUT2D eigenvalue weighted by Gasteiger charge is 2.17. The smallest absolute Gasteiger partial charge is 0.142 e. The summed E-state index contributed by atoms with van der Waals surface area (Å²) >= 11 is 0. The van der Waals surface area contributed by atoms with Crippen LogP contribution in [0.2, 0.25) is 0 Å². The molecule has 0 saturated carbocycles. The van der Waals surface area contributed by atoms with Crippen molar-refractivity contribution in [3.8, 4) is 0 Å². The van der Waals surface area contributed by atoms with Gasteiger partial charge >= 0.3 is 0 Å². The molecule has 2 heteroatoms. The third-order valence-electron chi connectivity index (χ3n) is 2.04. The second-order valence-corrected chi connectivity index (χ2v) is 3.86. The molecule has 0 unspecified atom stereocenters. The van der Waals surface area contributed by atoms with Crippen molar-refractivity contribution >= 4 is 0 Å². The Bertz CT molecular complexity index is 261. The van der Waals surface area contributed by atoms with E-state index < -0.39 is 0 Å². The van der Waals surface area contributed by atoms with Crippen molar-refractivity contribution in [1.29, 1.82) is 0 Å². The van der Waals surface area contributed by atoms with Crippen molar-refractivity contribution in [2.75, 3.05) is 0 Å². The van der Waals surface area contributed by atoms with Crippen molar-refractivity contribution < 1.29 is 4.52 Å². The van der Waals surface area contributed by atoms with Gasteiger partial charge in [-0.15, -0.1) is 0 Å². The molecule has 0 saturated heterocycles. The van der Waals surface area contributed by atoms with E-state index in [9.17, 15) is 0 Å².